The first-order chi connectivity index (χ1) is 7.31. The number of carbonyl (C=O) groups is 3. The Labute approximate surface area is 96.4 Å². The predicted octanol–water partition coefficient (Wildman–Crippen LogP) is 1.90. The quantitative estimate of drug-likeness (QED) is 0.301. The molecule has 0 fully saturated rings. The van der Waals surface area contributed by atoms with Gasteiger partial charge in [-0.05, 0) is 27.2 Å². The third kappa shape index (κ3) is 5.63. The van der Waals surface area contributed by atoms with E-state index in [1.54, 1.807) is 20.8 Å². The Balaban J connectivity index is 4.56. The molecule has 4 heteroatoms. The summed E-state index contributed by atoms with van der Waals surface area (Å²) in [5, 5.41) is 0. The number of carbonyl (C=O) groups excluding carboxylic acids is 3. The zero-order chi connectivity index (χ0) is 12.8. The average Bonchev–Trinajstić information content (AvgIpc) is 2.15. The summed E-state index contributed by atoms with van der Waals surface area (Å²) in [5.41, 5.74) is -0.634. The summed E-state index contributed by atoms with van der Waals surface area (Å²) in [6.07, 6.45) is 2.17. The second-order valence-corrected chi connectivity index (χ2v) is 4.75. The Bertz CT molecular complexity index is 263. The van der Waals surface area contributed by atoms with E-state index in [1.807, 2.05) is 6.92 Å². The first-order valence-corrected chi connectivity index (χ1v) is 5.53. The Morgan fingerprint density at radius 3 is 2.25 bits per heavy atom. The van der Waals surface area contributed by atoms with Gasteiger partial charge in [-0.3, -0.25) is 14.4 Å². The SMILES string of the molecule is CCCCC(C(=O)C=O)C(=O)OC(C)(C)C. The van der Waals surface area contributed by atoms with E-state index in [-0.39, 0.29) is 6.29 Å². The molecule has 92 valence electrons. The summed E-state index contributed by atoms with van der Waals surface area (Å²) >= 11 is 0. The van der Waals surface area contributed by atoms with Crippen LogP contribution in [0, 0.1) is 5.92 Å². The molecule has 0 saturated carbocycles. The predicted molar refractivity (Wildman–Crippen MR) is 59.9 cm³/mol. The molecule has 0 bridgehead atoms. The molecule has 0 amide bonds. The molecule has 0 radical (unpaired) electrons. The van der Waals surface area contributed by atoms with Gasteiger partial charge >= 0.3 is 5.97 Å². The highest BCUT2D eigenvalue weighted by atomic mass is 16.6. The fourth-order valence-electron chi connectivity index (χ4n) is 1.24. The zero-order valence-electron chi connectivity index (χ0n) is 10.4. The number of hydrogen-bond acceptors (Lipinski definition) is 4. The van der Waals surface area contributed by atoms with Crippen molar-refractivity contribution in [2.24, 2.45) is 5.92 Å². The van der Waals surface area contributed by atoms with Gasteiger partial charge in [0.2, 0.25) is 5.78 Å². The van der Waals surface area contributed by atoms with Crippen molar-refractivity contribution in [3.63, 3.8) is 0 Å². The molecule has 16 heavy (non-hydrogen) atoms. The highest BCUT2D eigenvalue weighted by Crippen LogP contribution is 2.16. The molecule has 0 aromatic carbocycles. The van der Waals surface area contributed by atoms with E-state index in [0.717, 1.165) is 12.8 Å². The molecule has 0 aromatic heterocycles. The van der Waals surface area contributed by atoms with E-state index in [2.05, 4.69) is 0 Å². The van der Waals surface area contributed by atoms with Crippen LogP contribution in [0.1, 0.15) is 47.0 Å². The standard InChI is InChI=1S/C12H20O4/c1-5-6-7-9(10(14)8-13)11(15)16-12(2,3)4/h8-9H,5-7H2,1-4H3. The van der Waals surface area contributed by atoms with Crippen molar-refractivity contribution in [2.75, 3.05) is 0 Å². The van der Waals surface area contributed by atoms with E-state index in [1.165, 1.54) is 0 Å². The number of rotatable bonds is 6. The molecule has 1 unspecified atom stereocenters. The lowest BCUT2D eigenvalue weighted by molar-refractivity contribution is -0.163. The van der Waals surface area contributed by atoms with Gasteiger partial charge in [0.1, 0.15) is 11.5 Å². The fraction of sp³-hybridized carbons (Fsp3) is 0.750. The molecule has 0 aliphatic heterocycles. The van der Waals surface area contributed by atoms with Crippen LogP contribution in [0.25, 0.3) is 0 Å². The Kier molecular flexibility index (Phi) is 5.93. The monoisotopic (exact) mass is 228 g/mol. The molecule has 0 aliphatic carbocycles. The normalized spacial score (nSPS) is 13.0. The molecule has 0 aromatic rings. The van der Waals surface area contributed by atoms with Gasteiger partial charge in [-0.25, -0.2) is 0 Å². The van der Waals surface area contributed by atoms with Crippen LogP contribution in [0.15, 0.2) is 0 Å². The number of esters is 1. The largest absolute Gasteiger partial charge is 0.459 e. The molecular weight excluding hydrogens is 208 g/mol. The van der Waals surface area contributed by atoms with Crippen molar-refractivity contribution in [3.05, 3.63) is 0 Å². The van der Waals surface area contributed by atoms with E-state index in [4.69, 9.17) is 4.74 Å². The minimum atomic E-state index is -0.934. The number of Topliss-reactive ketones (excluding diaryl/α,β-unsaturated/α-hetero) is 1. The lowest BCUT2D eigenvalue weighted by atomic mass is 9.98. The van der Waals surface area contributed by atoms with Crippen LogP contribution in [0.4, 0.5) is 0 Å². The van der Waals surface area contributed by atoms with Gasteiger partial charge in [0.05, 0.1) is 0 Å². The average molecular weight is 228 g/mol. The maximum absolute atomic E-state index is 11.7. The van der Waals surface area contributed by atoms with E-state index in [9.17, 15) is 14.4 Å². The van der Waals surface area contributed by atoms with Crippen LogP contribution < -0.4 is 0 Å². The fourth-order valence-corrected chi connectivity index (χ4v) is 1.24. The first kappa shape index (κ1) is 14.8. The maximum atomic E-state index is 11.7. The third-order valence-electron chi connectivity index (χ3n) is 2.00. The van der Waals surface area contributed by atoms with Gasteiger partial charge in [0, 0.05) is 0 Å². The lowest BCUT2D eigenvalue weighted by Gasteiger charge is -2.22. The number of aldehydes is 1. The minimum Gasteiger partial charge on any atom is -0.459 e. The van der Waals surface area contributed by atoms with E-state index < -0.39 is 23.3 Å². The second-order valence-electron chi connectivity index (χ2n) is 4.75. The van der Waals surface area contributed by atoms with Crippen molar-refractivity contribution in [1.82, 2.24) is 0 Å². The molecule has 4 nitrogen and oxygen atoms in total. The number of ketones is 1. The van der Waals surface area contributed by atoms with Gasteiger partial charge in [0.25, 0.3) is 0 Å². The molecule has 0 heterocycles. The zero-order valence-corrected chi connectivity index (χ0v) is 10.4. The first-order valence-electron chi connectivity index (χ1n) is 5.53. The second kappa shape index (κ2) is 6.40. The van der Waals surface area contributed by atoms with Gasteiger partial charge in [-0.1, -0.05) is 19.8 Å². The minimum absolute atomic E-state index is 0.199. The highest BCUT2D eigenvalue weighted by molar-refractivity contribution is 6.30. The van der Waals surface area contributed by atoms with Crippen LogP contribution >= 0.6 is 0 Å². The van der Waals surface area contributed by atoms with E-state index >= 15 is 0 Å². The molecule has 0 rings (SSSR count). The van der Waals surface area contributed by atoms with Crippen molar-refractivity contribution in [2.45, 2.75) is 52.6 Å². The van der Waals surface area contributed by atoms with Crippen molar-refractivity contribution < 1.29 is 19.1 Å². The molecule has 0 aliphatic rings. The van der Waals surface area contributed by atoms with Gasteiger partial charge in [-0.15, -0.1) is 0 Å². The lowest BCUT2D eigenvalue weighted by Crippen LogP contribution is -2.33. The van der Waals surface area contributed by atoms with Gasteiger partial charge in [-0.2, -0.15) is 0 Å². The van der Waals surface area contributed by atoms with Crippen molar-refractivity contribution in [1.29, 1.82) is 0 Å². The molecule has 1 atom stereocenters. The Morgan fingerprint density at radius 2 is 1.88 bits per heavy atom. The number of ether oxygens (including phenoxy) is 1. The van der Waals surface area contributed by atoms with Crippen LogP contribution in [0.2, 0.25) is 0 Å². The smallest absolute Gasteiger partial charge is 0.317 e. The molecule has 0 spiro atoms. The summed E-state index contributed by atoms with van der Waals surface area (Å²) in [5.74, 6) is -2.22. The van der Waals surface area contributed by atoms with Gasteiger partial charge in [0.15, 0.2) is 6.29 Å². The summed E-state index contributed by atoms with van der Waals surface area (Å²) in [7, 11) is 0. The molecular formula is C12H20O4. The molecule has 0 N–H and O–H groups in total. The Hall–Kier alpha value is -1.19. The topological polar surface area (TPSA) is 60.4 Å². The van der Waals surface area contributed by atoms with Crippen LogP contribution in [0.5, 0.6) is 0 Å². The summed E-state index contributed by atoms with van der Waals surface area (Å²) in [6.45, 7) is 7.14. The van der Waals surface area contributed by atoms with Crippen LogP contribution in [-0.4, -0.2) is 23.6 Å². The van der Waals surface area contributed by atoms with Crippen molar-refractivity contribution >= 4 is 18.0 Å². The summed E-state index contributed by atoms with van der Waals surface area (Å²) in [6, 6.07) is 0. The summed E-state index contributed by atoms with van der Waals surface area (Å²) < 4.78 is 5.10. The van der Waals surface area contributed by atoms with Gasteiger partial charge < -0.3 is 4.74 Å². The van der Waals surface area contributed by atoms with E-state index in [0.29, 0.717) is 6.42 Å². The Morgan fingerprint density at radius 1 is 1.31 bits per heavy atom. The maximum Gasteiger partial charge on any atom is 0.317 e. The number of unbranched alkanes of at least 4 members (excludes halogenated alkanes) is 1. The molecule has 0 saturated heterocycles. The van der Waals surface area contributed by atoms with Crippen LogP contribution in [-0.2, 0) is 19.1 Å². The summed E-state index contributed by atoms with van der Waals surface area (Å²) in [4.78, 5) is 33.4. The number of hydrogen-bond donors (Lipinski definition) is 0. The van der Waals surface area contributed by atoms with Crippen molar-refractivity contribution in [3.8, 4) is 0 Å². The van der Waals surface area contributed by atoms with Crippen LogP contribution in [0.3, 0.4) is 0 Å². The third-order valence-corrected chi connectivity index (χ3v) is 2.00. The highest BCUT2D eigenvalue weighted by Gasteiger charge is 2.30.